The molecule has 0 amide bonds. The summed E-state index contributed by atoms with van der Waals surface area (Å²) in [6, 6.07) is 3.53. The Morgan fingerprint density at radius 3 is 2.63 bits per heavy atom. The van der Waals surface area contributed by atoms with Crippen LogP contribution in [-0.2, 0) is 9.53 Å². The van der Waals surface area contributed by atoms with Gasteiger partial charge in [-0.3, -0.25) is 4.79 Å². The Labute approximate surface area is 110 Å². The number of methoxy groups -OCH3 is 1. The van der Waals surface area contributed by atoms with Gasteiger partial charge < -0.3 is 14.7 Å². The second-order valence-electron chi connectivity index (χ2n) is 4.34. The van der Waals surface area contributed by atoms with Gasteiger partial charge in [-0.05, 0) is 25.0 Å². The number of aliphatic carboxylic acids is 1. The summed E-state index contributed by atoms with van der Waals surface area (Å²) >= 11 is 0. The molecule has 1 saturated carbocycles. The number of ether oxygens (including phenoxy) is 1. The van der Waals surface area contributed by atoms with E-state index in [2.05, 4.69) is 14.9 Å². The van der Waals surface area contributed by atoms with E-state index in [4.69, 9.17) is 5.11 Å². The largest absolute Gasteiger partial charge is 0.481 e. The quantitative estimate of drug-likeness (QED) is 0.757. The minimum absolute atomic E-state index is 0.0525. The predicted molar refractivity (Wildman–Crippen MR) is 66.0 cm³/mol. The summed E-state index contributed by atoms with van der Waals surface area (Å²) in [5.41, 5.74) is 0.139. The van der Waals surface area contributed by atoms with Crippen LogP contribution in [0.1, 0.15) is 29.8 Å². The van der Waals surface area contributed by atoms with Crippen molar-refractivity contribution in [2.24, 2.45) is 0 Å². The van der Waals surface area contributed by atoms with Gasteiger partial charge in [-0.1, -0.05) is 0 Å². The van der Waals surface area contributed by atoms with Crippen LogP contribution in [0, 0.1) is 0 Å². The van der Waals surface area contributed by atoms with Crippen LogP contribution in [0.3, 0.4) is 0 Å². The second-order valence-corrected chi connectivity index (χ2v) is 4.34. The minimum Gasteiger partial charge on any atom is -0.481 e. The van der Waals surface area contributed by atoms with Crippen molar-refractivity contribution in [3.63, 3.8) is 0 Å². The van der Waals surface area contributed by atoms with Crippen molar-refractivity contribution in [2.75, 3.05) is 18.6 Å². The monoisotopic (exact) mass is 265 g/mol. The lowest BCUT2D eigenvalue weighted by molar-refractivity contribution is -0.136. The van der Waals surface area contributed by atoms with Crippen molar-refractivity contribution in [3.05, 3.63) is 17.8 Å². The van der Waals surface area contributed by atoms with Gasteiger partial charge in [0.2, 0.25) is 0 Å². The maximum atomic E-state index is 11.2. The maximum absolute atomic E-state index is 11.2. The van der Waals surface area contributed by atoms with Crippen LogP contribution in [0.4, 0.5) is 5.82 Å². The molecule has 0 bridgehead atoms. The zero-order valence-electron chi connectivity index (χ0n) is 10.6. The summed E-state index contributed by atoms with van der Waals surface area (Å²) in [5, 5.41) is 16.5. The molecule has 1 N–H and O–H groups in total. The Morgan fingerprint density at radius 1 is 1.42 bits per heavy atom. The molecular formula is C12H15N3O4. The summed E-state index contributed by atoms with van der Waals surface area (Å²) in [4.78, 5) is 23.8. The van der Waals surface area contributed by atoms with Crippen molar-refractivity contribution < 1.29 is 19.4 Å². The van der Waals surface area contributed by atoms with E-state index in [1.54, 1.807) is 6.07 Å². The van der Waals surface area contributed by atoms with Gasteiger partial charge in [-0.2, -0.15) is 0 Å². The number of anilines is 1. The molecule has 2 rings (SSSR count). The van der Waals surface area contributed by atoms with Crippen molar-refractivity contribution in [1.82, 2.24) is 10.2 Å². The third kappa shape index (κ3) is 3.40. The first-order chi connectivity index (χ1) is 9.11. The second kappa shape index (κ2) is 5.64. The molecular weight excluding hydrogens is 250 g/mol. The first-order valence-corrected chi connectivity index (χ1v) is 6.02. The van der Waals surface area contributed by atoms with E-state index in [1.165, 1.54) is 13.2 Å². The molecule has 0 spiro atoms. The van der Waals surface area contributed by atoms with Crippen LogP contribution in [0.25, 0.3) is 0 Å². The molecule has 7 heteroatoms. The highest BCUT2D eigenvalue weighted by Crippen LogP contribution is 2.30. The molecule has 1 aromatic heterocycles. The zero-order valence-corrected chi connectivity index (χ0v) is 10.6. The molecule has 7 nitrogen and oxygen atoms in total. The summed E-state index contributed by atoms with van der Waals surface area (Å²) < 4.78 is 4.54. The van der Waals surface area contributed by atoms with Crippen LogP contribution in [0.2, 0.25) is 0 Å². The fourth-order valence-electron chi connectivity index (χ4n) is 1.78. The van der Waals surface area contributed by atoms with Gasteiger partial charge in [0.25, 0.3) is 0 Å². The number of carbonyl (C=O) groups excluding carboxylic acids is 1. The lowest BCUT2D eigenvalue weighted by Gasteiger charge is -2.21. The molecule has 1 heterocycles. The highest BCUT2D eigenvalue weighted by Gasteiger charge is 2.30. The van der Waals surface area contributed by atoms with Gasteiger partial charge in [0.1, 0.15) is 0 Å². The molecule has 0 radical (unpaired) electrons. The lowest BCUT2D eigenvalue weighted by atomic mass is 10.3. The minimum atomic E-state index is -0.843. The number of nitrogens with zero attached hydrogens (tertiary/aromatic N) is 3. The fraction of sp³-hybridized carbons (Fsp3) is 0.500. The predicted octanol–water partition coefficient (Wildman–Crippen LogP) is 0.707. The van der Waals surface area contributed by atoms with E-state index in [0.717, 1.165) is 12.8 Å². The zero-order chi connectivity index (χ0) is 13.8. The van der Waals surface area contributed by atoms with E-state index in [9.17, 15) is 9.59 Å². The molecule has 0 aromatic carbocycles. The molecule has 0 saturated heterocycles. The van der Waals surface area contributed by atoms with Gasteiger partial charge in [-0.15, -0.1) is 10.2 Å². The van der Waals surface area contributed by atoms with Crippen LogP contribution < -0.4 is 4.90 Å². The average Bonchev–Trinajstić information content (AvgIpc) is 3.23. The van der Waals surface area contributed by atoms with Gasteiger partial charge >= 0.3 is 11.9 Å². The van der Waals surface area contributed by atoms with Crippen molar-refractivity contribution in [1.29, 1.82) is 0 Å². The van der Waals surface area contributed by atoms with Gasteiger partial charge in [0.15, 0.2) is 11.5 Å². The molecule has 0 atom stereocenters. The van der Waals surface area contributed by atoms with Gasteiger partial charge in [0, 0.05) is 12.6 Å². The molecule has 0 aliphatic heterocycles. The Bertz CT molecular complexity index is 470. The van der Waals surface area contributed by atoms with E-state index < -0.39 is 11.9 Å². The SMILES string of the molecule is COC(=O)c1ccc(N(CCC(=O)O)C2CC2)nn1. The maximum Gasteiger partial charge on any atom is 0.358 e. The summed E-state index contributed by atoms with van der Waals surface area (Å²) in [7, 11) is 1.28. The van der Waals surface area contributed by atoms with Crippen LogP contribution in [0.15, 0.2) is 12.1 Å². The third-order valence-corrected chi connectivity index (χ3v) is 2.89. The van der Waals surface area contributed by atoms with E-state index in [1.807, 2.05) is 4.90 Å². The third-order valence-electron chi connectivity index (χ3n) is 2.89. The topological polar surface area (TPSA) is 92.6 Å². The highest BCUT2D eigenvalue weighted by atomic mass is 16.5. The Kier molecular flexibility index (Phi) is 3.94. The average molecular weight is 265 g/mol. The number of esters is 1. The van der Waals surface area contributed by atoms with E-state index >= 15 is 0 Å². The molecule has 1 aliphatic rings. The molecule has 1 aromatic rings. The molecule has 1 fully saturated rings. The number of carboxylic acid groups (broad SMARTS) is 1. The summed E-state index contributed by atoms with van der Waals surface area (Å²) in [6.07, 6.45) is 2.11. The van der Waals surface area contributed by atoms with Crippen LogP contribution in [-0.4, -0.2) is 46.9 Å². The number of rotatable bonds is 6. The highest BCUT2D eigenvalue weighted by molar-refractivity contribution is 5.87. The van der Waals surface area contributed by atoms with Crippen molar-refractivity contribution >= 4 is 17.8 Å². The first-order valence-electron chi connectivity index (χ1n) is 6.02. The van der Waals surface area contributed by atoms with E-state index in [0.29, 0.717) is 18.4 Å². The normalized spacial score (nSPS) is 13.9. The number of hydrogen-bond acceptors (Lipinski definition) is 6. The van der Waals surface area contributed by atoms with Gasteiger partial charge in [-0.25, -0.2) is 4.79 Å². The Morgan fingerprint density at radius 2 is 2.16 bits per heavy atom. The van der Waals surface area contributed by atoms with Crippen LogP contribution >= 0.6 is 0 Å². The fourth-order valence-corrected chi connectivity index (χ4v) is 1.78. The van der Waals surface area contributed by atoms with Gasteiger partial charge in [0.05, 0.1) is 13.5 Å². The number of hydrogen-bond donors (Lipinski definition) is 1. The summed E-state index contributed by atoms with van der Waals surface area (Å²) in [5.74, 6) is -0.788. The lowest BCUT2D eigenvalue weighted by Crippen LogP contribution is -2.29. The molecule has 102 valence electrons. The van der Waals surface area contributed by atoms with Crippen LogP contribution in [0.5, 0.6) is 0 Å². The Hall–Kier alpha value is -2.18. The smallest absolute Gasteiger partial charge is 0.358 e. The first kappa shape index (κ1) is 13.3. The molecule has 0 unspecified atom stereocenters. The van der Waals surface area contributed by atoms with Crippen molar-refractivity contribution in [3.8, 4) is 0 Å². The molecule has 19 heavy (non-hydrogen) atoms. The Balaban J connectivity index is 2.09. The number of aromatic nitrogens is 2. The number of carbonyl (C=O) groups is 2. The number of carboxylic acids is 1. The van der Waals surface area contributed by atoms with E-state index in [-0.39, 0.29) is 12.1 Å². The van der Waals surface area contributed by atoms with Crippen molar-refractivity contribution in [2.45, 2.75) is 25.3 Å². The standard InChI is InChI=1S/C12H15N3O4/c1-19-12(18)9-4-5-10(14-13-9)15(8-2-3-8)7-6-11(16)17/h4-5,8H,2-3,6-7H2,1H3,(H,16,17). The summed E-state index contributed by atoms with van der Waals surface area (Å²) in [6.45, 7) is 0.395. The molecule has 1 aliphatic carbocycles.